The highest BCUT2D eigenvalue weighted by molar-refractivity contribution is 6.01. The molecule has 1 aromatic heterocycles. The number of carboxylic acid groups (broad SMARTS) is 1. The molecule has 1 rings (SSSR count). The van der Waals surface area contributed by atoms with Crippen molar-refractivity contribution in [3.63, 3.8) is 0 Å². The van der Waals surface area contributed by atoms with Crippen LogP contribution in [0, 0.1) is 5.41 Å². The summed E-state index contributed by atoms with van der Waals surface area (Å²) >= 11 is 0. The number of carboxylic acids is 1. The summed E-state index contributed by atoms with van der Waals surface area (Å²) < 4.78 is 0. The first-order chi connectivity index (χ1) is 7.50. The molecule has 6 heteroatoms. The number of rotatable bonds is 4. The summed E-state index contributed by atoms with van der Waals surface area (Å²) in [6.07, 6.45) is 2.98. The van der Waals surface area contributed by atoms with Gasteiger partial charge in [0.15, 0.2) is 5.41 Å². The van der Waals surface area contributed by atoms with E-state index in [1.54, 1.807) is 6.07 Å². The molecular weight excluding hydrogens is 210 g/mol. The summed E-state index contributed by atoms with van der Waals surface area (Å²) in [7, 11) is 1.40. The Bertz CT molecular complexity index is 394. The fourth-order valence-electron chi connectivity index (χ4n) is 1.27. The summed E-state index contributed by atoms with van der Waals surface area (Å²) in [6, 6.07) is 1.63. The van der Waals surface area contributed by atoms with Crippen LogP contribution in [0.1, 0.15) is 12.7 Å². The molecule has 0 fully saturated rings. The number of hydrogen-bond acceptors (Lipinski definition) is 4. The van der Waals surface area contributed by atoms with Crippen LogP contribution >= 0.6 is 0 Å². The normalized spacial score (nSPS) is 13.9. The van der Waals surface area contributed by atoms with Crippen LogP contribution in [0.15, 0.2) is 18.5 Å². The molecule has 0 spiro atoms. The highest BCUT2D eigenvalue weighted by Crippen LogP contribution is 2.21. The van der Waals surface area contributed by atoms with Gasteiger partial charge in [0.05, 0.1) is 0 Å². The second-order valence-corrected chi connectivity index (χ2v) is 3.56. The average Bonchev–Trinajstić information content (AvgIpc) is 2.28. The first-order valence-corrected chi connectivity index (χ1v) is 4.72. The SMILES string of the molecule is CNC(=O)C(C)(Cc1ncccn1)C(=O)O. The van der Waals surface area contributed by atoms with Crippen molar-refractivity contribution in [2.75, 3.05) is 7.05 Å². The number of carbonyl (C=O) groups is 2. The van der Waals surface area contributed by atoms with E-state index in [-0.39, 0.29) is 6.42 Å². The maximum Gasteiger partial charge on any atom is 0.319 e. The second-order valence-electron chi connectivity index (χ2n) is 3.56. The third kappa shape index (κ3) is 2.33. The summed E-state index contributed by atoms with van der Waals surface area (Å²) in [5, 5.41) is 11.4. The van der Waals surface area contributed by atoms with Gasteiger partial charge in [-0.15, -0.1) is 0 Å². The molecule has 86 valence electrons. The van der Waals surface area contributed by atoms with Crippen molar-refractivity contribution in [2.24, 2.45) is 5.41 Å². The number of amides is 1. The topological polar surface area (TPSA) is 92.2 Å². The van der Waals surface area contributed by atoms with Gasteiger partial charge >= 0.3 is 5.97 Å². The summed E-state index contributed by atoms with van der Waals surface area (Å²) in [5.74, 6) is -1.43. The summed E-state index contributed by atoms with van der Waals surface area (Å²) in [5.41, 5.74) is -1.55. The van der Waals surface area contributed by atoms with Crippen LogP contribution in [-0.2, 0) is 16.0 Å². The van der Waals surface area contributed by atoms with E-state index in [1.807, 2.05) is 0 Å². The Labute approximate surface area is 92.7 Å². The van der Waals surface area contributed by atoms with Crippen LogP contribution < -0.4 is 5.32 Å². The number of aliphatic carboxylic acids is 1. The fourth-order valence-corrected chi connectivity index (χ4v) is 1.27. The number of hydrogen-bond donors (Lipinski definition) is 2. The molecule has 6 nitrogen and oxygen atoms in total. The Balaban J connectivity index is 2.97. The second kappa shape index (κ2) is 4.69. The van der Waals surface area contributed by atoms with Crippen molar-refractivity contribution in [3.05, 3.63) is 24.3 Å². The molecule has 1 amide bonds. The molecule has 16 heavy (non-hydrogen) atoms. The maximum absolute atomic E-state index is 11.5. The lowest BCUT2D eigenvalue weighted by Crippen LogP contribution is -2.45. The largest absolute Gasteiger partial charge is 0.480 e. The van der Waals surface area contributed by atoms with E-state index in [0.29, 0.717) is 5.82 Å². The summed E-state index contributed by atoms with van der Waals surface area (Å²) in [6.45, 7) is 1.35. The van der Waals surface area contributed by atoms with Crippen LogP contribution in [0.5, 0.6) is 0 Å². The minimum Gasteiger partial charge on any atom is -0.480 e. The van der Waals surface area contributed by atoms with Crippen molar-refractivity contribution < 1.29 is 14.7 Å². The monoisotopic (exact) mass is 223 g/mol. The highest BCUT2D eigenvalue weighted by atomic mass is 16.4. The van der Waals surface area contributed by atoms with E-state index < -0.39 is 17.3 Å². The Morgan fingerprint density at radius 3 is 2.44 bits per heavy atom. The Morgan fingerprint density at radius 2 is 2.00 bits per heavy atom. The van der Waals surface area contributed by atoms with Crippen molar-refractivity contribution in [2.45, 2.75) is 13.3 Å². The Kier molecular flexibility index (Phi) is 3.55. The smallest absolute Gasteiger partial charge is 0.319 e. The van der Waals surface area contributed by atoms with Gasteiger partial charge in [0.2, 0.25) is 5.91 Å². The van der Waals surface area contributed by atoms with Gasteiger partial charge < -0.3 is 10.4 Å². The first kappa shape index (κ1) is 12.1. The van der Waals surface area contributed by atoms with Gasteiger partial charge in [-0.05, 0) is 13.0 Å². The minimum absolute atomic E-state index is 0.0388. The van der Waals surface area contributed by atoms with Gasteiger partial charge in [0.25, 0.3) is 0 Å². The number of carbonyl (C=O) groups excluding carboxylic acids is 1. The summed E-state index contributed by atoms with van der Waals surface area (Å²) in [4.78, 5) is 30.5. The first-order valence-electron chi connectivity index (χ1n) is 4.72. The van der Waals surface area contributed by atoms with Crippen molar-refractivity contribution in [1.82, 2.24) is 15.3 Å². The minimum atomic E-state index is -1.55. The predicted octanol–water partition coefficient (Wildman–Crippen LogP) is -0.144. The molecule has 1 unspecified atom stereocenters. The quantitative estimate of drug-likeness (QED) is 0.693. The molecule has 0 radical (unpaired) electrons. The molecule has 1 aromatic rings. The van der Waals surface area contributed by atoms with Crippen molar-refractivity contribution in [1.29, 1.82) is 0 Å². The Hall–Kier alpha value is -1.98. The predicted molar refractivity (Wildman–Crippen MR) is 55.5 cm³/mol. The van der Waals surface area contributed by atoms with E-state index in [2.05, 4.69) is 15.3 Å². The third-order valence-corrected chi connectivity index (χ3v) is 2.33. The highest BCUT2D eigenvalue weighted by Gasteiger charge is 2.41. The molecular formula is C10H13N3O3. The van der Waals surface area contributed by atoms with Crippen LogP contribution in [0.2, 0.25) is 0 Å². The maximum atomic E-state index is 11.5. The standard InChI is InChI=1S/C10H13N3O3/c1-10(9(15)16,8(14)11-2)6-7-12-4-3-5-13-7/h3-5H,6H2,1-2H3,(H,11,14)(H,15,16). The van der Waals surface area contributed by atoms with Crippen LogP contribution in [0.4, 0.5) is 0 Å². The van der Waals surface area contributed by atoms with Gasteiger partial charge in [0.1, 0.15) is 5.82 Å². The van der Waals surface area contributed by atoms with E-state index >= 15 is 0 Å². The lowest BCUT2D eigenvalue weighted by Gasteiger charge is -2.21. The van der Waals surface area contributed by atoms with Crippen LogP contribution in [0.3, 0.4) is 0 Å². The number of aromatic nitrogens is 2. The molecule has 1 heterocycles. The fraction of sp³-hybridized carbons (Fsp3) is 0.400. The molecule has 0 saturated carbocycles. The van der Waals surface area contributed by atoms with Crippen LogP contribution in [0.25, 0.3) is 0 Å². The molecule has 0 aromatic carbocycles. The van der Waals surface area contributed by atoms with E-state index in [1.165, 1.54) is 26.4 Å². The van der Waals surface area contributed by atoms with Crippen molar-refractivity contribution in [3.8, 4) is 0 Å². The van der Waals surface area contributed by atoms with Crippen molar-refractivity contribution >= 4 is 11.9 Å². The van der Waals surface area contributed by atoms with Gasteiger partial charge in [0, 0.05) is 25.9 Å². The van der Waals surface area contributed by atoms with Gasteiger partial charge in [-0.2, -0.15) is 0 Å². The molecule has 0 aliphatic rings. The van der Waals surface area contributed by atoms with Crippen LogP contribution in [-0.4, -0.2) is 34.0 Å². The van der Waals surface area contributed by atoms with E-state index in [4.69, 9.17) is 5.11 Å². The lowest BCUT2D eigenvalue weighted by atomic mass is 9.85. The van der Waals surface area contributed by atoms with Gasteiger partial charge in [-0.3, -0.25) is 9.59 Å². The van der Waals surface area contributed by atoms with E-state index in [9.17, 15) is 9.59 Å². The molecule has 0 saturated heterocycles. The van der Waals surface area contributed by atoms with Gasteiger partial charge in [-0.25, -0.2) is 9.97 Å². The lowest BCUT2D eigenvalue weighted by molar-refractivity contribution is -0.154. The average molecular weight is 223 g/mol. The Morgan fingerprint density at radius 1 is 1.44 bits per heavy atom. The molecule has 0 aliphatic carbocycles. The number of nitrogens with zero attached hydrogens (tertiary/aromatic N) is 2. The number of nitrogens with one attached hydrogen (secondary N) is 1. The van der Waals surface area contributed by atoms with E-state index in [0.717, 1.165) is 0 Å². The molecule has 0 bridgehead atoms. The molecule has 0 aliphatic heterocycles. The molecule has 2 N–H and O–H groups in total. The zero-order chi connectivity index (χ0) is 12.2. The molecule has 1 atom stereocenters. The third-order valence-electron chi connectivity index (χ3n) is 2.33. The zero-order valence-electron chi connectivity index (χ0n) is 9.10. The van der Waals surface area contributed by atoms with Gasteiger partial charge in [-0.1, -0.05) is 0 Å². The zero-order valence-corrected chi connectivity index (χ0v) is 9.10.